The highest BCUT2D eigenvalue weighted by molar-refractivity contribution is 5.93. The molecule has 6 nitrogen and oxygen atoms in total. The van der Waals surface area contributed by atoms with Crippen LogP contribution in [0.3, 0.4) is 0 Å². The van der Waals surface area contributed by atoms with E-state index in [1.165, 1.54) is 11.9 Å². The zero-order valence-corrected chi connectivity index (χ0v) is 16.3. The van der Waals surface area contributed by atoms with Crippen molar-refractivity contribution >= 4 is 17.4 Å². The minimum absolute atomic E-state index is 0.270. The predicted molar refractivity (Wildman–Crippen MR) is 110 cm³/mol. The standard InChI is InChI=1S/C22H24N4O2/c1-15(2)17-9-5-6-10-18(17)26-21-12-19(24-14-25-21)22(27)23-13-16-8-4-7-11-20(16)28-3/h4-12,14-15H,13H2,1-3H3,(H,23,27)(H,24,25,26). The zero-order valence-electron chi connectivity index (χ0n) is 16.3. The van der Waals surface area contributed by atoms with E-state index in [0.717, 1.165) is 17.0 Å². The molecule has 1 amide bonds. The van der Waals surface area contributed by atoms with Crippen LogP contribution in [0.2, 0.25) is 0 Å². The van der Waals surface area contributed by atoms with Crippen molar-refractivity contribution in [2.45, 2.75) is 26.3 Å². The second-order valence-electron chi connectivity index (χ2n) is 6.65. The Morgan fingerprint density at radius 1 is 1.07 bits per heavy atom. The van der Waals surface area contributed by atoms with Crippen LogP contribution in [0.25, 0.3) is 0 Å². The molecule has 1 aromatic heterocycles. The molecule has 0 spiro atoms. The van der Waals surface area contributed by atoms with Gasteiger partial charge in [0, 0.05) is 23.9 Å². The number of rotatable bonds is 7. The van der Waals surface area contributed by atoms with Gasteiger partial charge in [0.05, 0.1) is 7.11 Å². The van der Waals surface area contributed by atoms with Crippen molar-refractivity contribution in [3.8, 4) is 5.75 Å². The average molecular weight is 376 g/mol. The maximum Gasteiger partial charge on any atom is 0.270 e. The van der Waals surface area contributed by atoms with Gasteiger partial charge in [-0.2, -0.15) is 0 Å². The largest absolute Gasteiger partial charge is 0.496 e. The molecule has 0 aliphatic carbocycles. The summed E-state index contributed by atoms with van der Waals surface area (Å²) in [5.41, 5.74) is 3.35. The normalized spacial score (nSPS) is 10.6. The SMILES string of the molecule is COc1ccccc1CNC(=O)c1cc(Nc2ccccc2C(C)C)ncn1. The number of amides is 1. The van der Waals surface area contributed by atoms with Crippen LogP contribution in [0.15, 0.2) is 60.9 Å². The minimum Gasteiger partial charge on any atom is -0.496 e. The summed E-state index contributed by atoms with van der Waals surface area (Å²) in [7, 11) is 1.61. The summed E-state index contributed by atoms with van der Waals surface area (Å²) in [5.74, 6) is 1.41. The van der Waals surface area contributed by atoms with Gasteiger partial charge in [-0.25, -0.2) is 9.97 Å². The summed E-state index contributed by atoms with van der Waals surface area (Å²) < 4.78 is 5.31. The van der Waals surface area contributed by atoms with E-state index in [4.69, 9.17) is 4.74 Å². The zero-order chi connectivity index (χ0) is 19.9. The number of carbonyl (C=O) groups excluding carboxylic acids is 1. The third kappa shape index (κ3) is 4.65. The van der Waals surface area contributed by atoms with Gasteiger partial charge >= 0.3 is 0 Å². The monoisotopic (exact) mass is 376 g/mol. The lowest BCUT2D eigenvalue weighted by atomic mass is 10.0. The second-order valence-corrected chi connectivity index (χ2v) is 6.65. The molecular weight excluding hydrogens is 352 g/mol. The van der Waals surface area contributed by atoms with Gasteiger partial charge in [0.1, 0.15) is 23.6 Å². The Labute approximate surface area is 165 Å². The van der Waals surface area contributed by atoms with E-state index in [1.54, 1.807) is 13.2 Å². The molecule has 3 aromatic rings. The van der Waals surface area contributed by atoms with Gasteiger partial charge in [0.15, 0.2) is 0 Å². The quantitative estimate of drug-likeness (QED) is 0.644. The number of aromatic nitrogens is 2. The van der Waals surface area contributed by atoms with E-state index < -0.39 is 0 Å². The van der Waals surface area contributed by atoms with Crippen molar-refractivity contribution in [3.63, 3.8) is 0 Å². The Morgan fingerprint density at radius 2 is 1.82 bits per heavy atom. The lowest BCUT2D eigenvalue weighted by Gasteiger charge is -2.14. The summed E-state index contributed by atoms with van der Waals surface area (Å²) in [6, 6.07) is 17.3. The molecule has 0 radical (unpaired) electrons. The number of anilines is 2. The van der Waals surface area contributed by atoms with Crippen LogP contribution in [0, 0.1) is 0 Å². The molecule has 0 bridgehead atoms. The molecule has 6 heteroatoms. The molecule has 144 valence electrons. The first kappa shape index (κ1) is 19.4. The van der Waals surface area contributed by atoms with Gasteiger partial charge in [-0.05, 0) is 23.6 Å². The molecule has 1 heterocycles. The van der Waals surface area contributed by atoms with Crippen LogP contribution in [0.5, 0.6) is 5.75 Å². The van der Waals surface area contributed by atoms with Crippen LogP contribution < -0.4 is 15.4 Å². The number of benzene rings is 2. The van der Waals surface area contributed by atoms with E-state index in [0.29, 0.717) is 24.0 Å². The third-order valence-electron chi connectivity index (χ3n) is 4.38. The van der Waals surface area contributed by atoms with Crippen molar-refractivity contribution in [1.82, 2.24) is 15.3 Å². The minimum atomic E-state index is -0.270. The third-order valence-corrected chi connectivity index (χ3v) is 4.38. The first-order valence-corrected chi connectivity index (χ1v) is 9.16. The molecule has 2 aromatic carbocycles. The highest BCUT2D eigenvalue weighted by Gasteiger charge is 2.12. The molecule has 3 rings (SSSR count). The van der Waals surface area contributed by atoms with Crippen molar-refractivity contribution in [2.24, 2.45) is 0 Å². The number of hydrogen-bond donors (Lipinski definition) is 2. The van der Waals surface area contributed by atoms with E-state index in [1.807, 2.05) is 42.5 Å². The van der Waals surface area contributed by atoms with E-state index >= 15 is 0 Å². The first-order valence-electron chi connectivity index (χ1n) is 9.16. The second kappa shape index (κ2) is 8.99. The molecule has 0 unspecified atom stereocenters. The van der Waals surface area contributed by atoms with E-state index in [2.05, 4.69) is 40.5 Å². The molecule has 0 atom stereocenters. The smallest absolute Gasteiger partial charge is 0.270 e. The Bertz CT molecular complexity index is 957. The summed E-state index contributed by atoms with van der Waals surface area (Å²) in [6.45, 7) is 4.63. The summed E-state index contributed by atoms with van der Waals surface area (Å²) >= 11 is 0. The fraction of sp³-hybridized carbons (Fsp3) is 0.227. The number of carbonyl (C=O) groups is 1. The summed E-state index contributed by atoms with van der Waals surface area (Å²) in [6.07, 6.45) is 1.39. The number of ether oxygens (including phenoxy) is 1. The Balaban J connectivity index is 1.72. The molecule has 0 aliphatic rings. The number of methoxy groups -OCH3 is 1. The Hall–Kier alpha value is -3.41. The topological polar surface area (TPSA) is 76.1 Å². The van der Waals surface area contributed by atoms with Gasteiger partial charge in [0.25, 0.3) is 5.91 Å². The van der Waals surface area contributed by atoms with Gasteiger partial charge in [-0.15, -0.1) is 0 Å². The fourth-order valence-corrected chi connectivity index (χ4v) is 2.92. The van der Waals surface area contributed by atoms with Crippen molar-refractivity contribution in [1.29, 1.82) is 0 Å². The van der Waals surface area contributed by atoms with Gasteiger partial charge in [-0.3, -0.25) is 4.79 Å². The number of nitrogens with one attached hydrogen (secondary N) is 2. The molecular formula is C22H24N4O2. The van der Waals surface area contributed by atoms with Gasteiger partial charge in [0.2, 0.25) is 0 Å². The molecule has 2 N–H and O–H groups in total. The average Bonchev–Trinajstić information content (AvgIpc) is 2.72. The molecule has 0 saturated heterocycles. The van der Waals surface area contributed by atoms with Crippen molar-refractivity contribution < 1.29 is 9.53 Å². The van der Waals surface area contributed by atoms with E-state index in [-0.39, 0.29) is 5.91 Å². The maximum atomic E-state index is 12.5. The highest BCUT2D eigenvalue weighted by Crippen LogP contribution is 2.26. The van der Waals surface area contributed by atoms with Crippen LogP contribution >= 0.6 is 0 Å². The lowest BCUT2D eigenvalue weighted by molar-refractivity contribution is 0.0945. The predicted octanol–water partition coefficient (Wildman–Crippen LogP) is 4.28. The number of nitrogens with zero attached hydrogens (tertiary/aromatic N) is 2. The Morgan fingerprint density at radius 3 is 2.61 bits per heavy atom. The molecule has 0 aliphatic heterocycles. The van der Waals surface area contributed by atoms with Gasteiger partial charge in [-0.1, -0.05) is 50.2 Å². The molecule has 0 fully saturated rings. The summed E-state index contributed by atoms with van der Waals surface area (Å²) in [5, 5.41) is 6.16. The Kier molecular flexibility index (Phi) is 6.22. The lowest BCUT2D eigenvalue weighted by Crippen LogP contribution is -2.24. The molecule has 28 heavy (non-hydrogen) atoms. The van der Waals surface area contributed by atoms with E-state index in [9.17, 15) is 4.79 Å². The number of hydrogen-bond acceptors (Lipinski definition) is 5. The van der Waals surface area contributed by atoms with Crippen molar-refractivity contribution in [3.05, 3.63) is 77.7 Å². The number of para-hydroxylation sites is 2. The van der Waals surface area contributed by atoms with Crippen molar-refractivity contribution in [2.75, 3.05) is 12.4 Å². The van der Waals surface area contributed by atoms with Crippen LogP contribution in [-0.4, -0.2) is 23.0 Å². The molecule has 0 saturated carbocycles. The van der Waals surface area contributed by atoms with Gasteiger partial charge < -0.3 is 15.4 Å². The fourth-order valence-electron chi connectivity index (χ4n) is 2.92. The highest BCUT2D eigenvalue weighted by atomic mass is 16.5. The first-order chi connectivity index (χ1) is 13.6. The maximum absolute atomic E-state index is 12.5. The van der Waals surface area contributed by atoms with Crippen LogP contribution in [0.4, 0.5) is 11.5 Å². The van der Waals surface area contributed by atoms with Crippen LogP contribution in [0.1, 0.15) is 41.4 Å². The van der Waals surface area contributed by atoms with Crippen LogP contribution in [-0.2, 0) is 6.54 Å². The summed E-state index contributed by atoms with van der Waals surface area (Å²) in [4.78, 5) is 20.9.